The molecule has 8 heteroatoms. The molecule has 1 unspecified atom stereocenters. The number of hydrogen-bond acceptors (Lipinski definition) is 2. The molecule has 0 aromatic heterocycles. The van der Waals surface area contributed by atoms with Gasteiger partial charge in [-0.15, -0.1) is 0 Å². The van der Waals surface area contributed by atoms with Gasteiger partial charge in [0.2, 0.25) is 0 Å². The first-order valence-electron chi connectivity index (χ1n) is 12.9. The zero-order chi connectivity index (χ0) is 25.8. The average molecular weight is 513 g/mol. The molecule has 2 aromatic rings. The van der Waals surface area contributed by atoms with Gasteiger partial charge in [-0.05, 0) is 61.4 Å². The SMILES string of the molecule is FC(F)(F)c1cc(CCC(Cc2ccccc2)N2CCN(C3CCCCC3)CC2)cc(C(F)(F)F)c1. The minimum absolute atomic E-state index is 0.0461. The smallest absolute Gasteiger partial charge is 0.298 e. The number of halogens is 6. The Morgan fingerprint density at radius 2 is 1.31 bits per heavy atom. The Morgan fingerprint density at radius 1 is 0.722 bits per heavy atom. The van der Waals surface area contributed by atoms with Crippen LogP contribution < -0.4 is 0 Å². The summed E-state index contributed by atoms with van der Waals surface area (Å²) >= 11 is 0. The van der Waals surface area contributed by atoms with Crippen LogP contribution in [0.15, 0.2) is 48.5 Å². The largest absolute Gasteiger partial charge is 0.416 e. The Morgan fingerprint density at radius 3 is 1.86 bits per heavy atom. The van der Waals surface area contributed by atoms with E-state index in [-0.39, 0.29) is 24.1 Å². The zero-order valence-corrected chi connectivity index (χ0v) is 20.4. The van der Waals surface area contributed by atoms with Crippen LogP contribution in [0.1, 0.15) is 60.8 Å². The molecule has 1 saturated heterocycles. The molecule has 1 heterocycles. The minimum Gasteiger partial charge on any atom is -0.298 e. The molecule has 4 rings (SSSR count). The molecule has 0 N–H and O–H groups in total. The molecule has 2 fully saturated rings. The van der Waals surface area contributed by atoms with Crippen LogP contribution in [0.3, 0.4) is 0 Å². The van der Waals surface area contributed by atoms with Crippen molar-refractivity contribution in [2.45, 2.75) is 75.8 Å². The molecule has 0 bridgehead atoms. The molecule has 2 aliphatic rings. The van der Waals surface area contributed by atoms with E-state index in [1.165, 1.54) is 32.1 Å². The summed E-state index contributed by atoms with van der Waals surface area (Å²) in [6.45, 7) is 3.64. The van der Waals surface area contributed by atoms with Gasteiger partial charge in [0, 0.05) is 38.3 Å². The molecule has 1 aliphatic heterocycles. The topological polar surface area (TPSA) is 6.48 Å². The van der Waals surface area contributed by atoms with Crippen molar-refractivity contribution in [2.24, 2.45) is 0 Å². The Kier molecular flexibility index (Phi) is 8.66. The van der Waals surface area contributed by atoms with Crippen molar-refractivity contribution in [1.82, 2.24) is 9.80 Å². The third kappa shape index (κ3) is 7.25. The lowest BCUT2D eigenvalue weighted by molar-refractivity contribution is -0.143. The Balaban J connectivity index is 1.48. The summed E-state index contributed by atoms with van der Waals surface area (Å²) in [7, 11) is 0. The predicted molar refractivity (Wildman–Crippen MR) is 129 cm³/mol. The van der Waals surface area contributed by atoms with Gasteiger partial charge in [-0.25, -0.2) is 0 Å². The van der Waals surface area contributed by atoms with E-state index in [2.05, 4.69) is 9.80 Å². The number of alkyl halides is 6. The Hall–Kier alpha value is -2.06. The van der Waals surface area contributed by atoms with Gasteiger partial charge in [-0.1, -0.05) is 49.6 Å². The Labute approximate surface area is 209 Å². The maximum atomic E-state index is 13.3. The van der Waals surface area contributed by atoms with Crippen LogP contribution in [0.4, 0.5) is 26.3 Å². The van der Waals surface area contributed by atoms with Crippen molar-refractivity contribution < 1.29 is 26.3 Å². The van der Waals surface area contributed by atoms with Crippen molar-refractivity contribution in [1.29, 1.82) is 0 Å². The van der Waals surface area contributed by atoms with E-state index in [1.54, 1.807) is 0 Å². The summed E-state index contributed by atoms with van der Waals surface area (Å²) in [5.41, 5.74) is -1.28. The molecule has 2 aromatic carbocycles. The first-order valence-corrected chi connectivity index (χ1v) is 12.9. The van der Waals surface area contributed by atoms with Gasteiger partial charge in [0.1, 0.15) is 0 Å². The van der Waals surface area contributed by atoms with Gasteiger partial charge in [-0.2, -0.15) is 26.3 Å². The quantitative estimate of drug-likeness (QED) is 0.362. The fourth-order valence-electron chi connectivity index (χ4n) is 5.71. The van der Waals surface area contributed by atoms with E-state index in [0.717, 1.165) is 50.3 Å². The molecule has 1 aliphatic carbocycles. The lowest BCUT2D eigenvalue weighted by Gasteiger charge is -2.43. The molecule has 2 nitrogen and oxygen atoms in total. The van der Waals surface area contributed by atoms with Crippen LogP contribution in [0, 0.1) is 0 Å². The number of aryl methyl sites for hydroxylation is 1. The van der Waals surface area contributed by atoms with E-state index in [1.807, 2.05) is 30.3 Å². The molecular weight excluding hydrogens is 478 g/mol. The molecule has 1 atom stereocenters. The van der Waals surface area contributed by atoms with Crippen molar-refractivity contribution in [3.05, 3.63) is 70.8 Å². The van der Waals surface area contributed by atoms with Gasteiger partial charge in [-0.3, -0.25) is 9.80 Å². The highest BCUT2D eigenvalue weighted by atomic mass is 19.4. The van der Waals surface area contributed by atoms with Crippen LogP contribution in [0.2, 0.25) is 0 Å². The van der Waals surface area contributed by atoms with Crippen LogP contribution in [0.25, 0.3) is 0 Å². The van der Waals surface area contributed by atoms with Crippen LogP contribution in [-0.2, 0) is 25.2 Å². The molecule has 36 heavy (non-hydrogen) atoms. The van der Waals surface area contributed by atoms with E-state index >= 15 is 0 Å². The highest BCUT2D eigenvalue weighted by Gasteiger charge is 2.37. The Bertz CT molecular complexity index is 926. The second-order valence-electron chi connectivity index (χ2n) is 10.2. The minimum atomic E-state index is -4.82. The average Bonchev–Trinajstić information content (AvgIpc) is 2.86. The zero-order valence-electron chi connectivity index (χ0n) is 20.4. The second-order valence-corrected chi connectivity index (χ2v) is 10.2. The highest BCUT2D eigenvalue weighted by molar-refractivity contribution is 5.34. The predicted octanol–water partition coefficient (Wildman–Crippen LogP) is 7.22. The molecule has 198 valence electrons. The molecular formula is C28H34F6N2. The lowest BCUT2D eigenvalue weighted by Crippen LogP contribution is -2.54. The van der Waals surface area contributed by atoms with Gasteiger partial charge >= 0.3 is 12.4 Å². The monoisotopic (exact) mass is 512 g/mol. The summed E-state index contributed by atoms with van der Waals surface area (Å²) < 4.78 is 79.9. The fraction of sp³-hybridized carbons (Fsp3) is 0.571. The number of hydrogen-bond donors (Lipinski definition) is 0. The standard InChI is InChI=1S/C28H34F6N2/c29-27(30,31)23-17-22(18-24(20-23)28(32,33)34)11-12-26(19-21-7-3-1-4-8-21)36-15-13-35(14-16-36)25-9-5-2-6-10-25/h1,3-4,7-8,17-18,20,25-26H,2,5-6,9-16,19H2. The summed E-state index contributed by atoms with van der Waals surface area (Å²) in [5, 5.41) is 0. The summed E-state index contributed by atoms with van der Waals surface area (Å²) in [6, 6.07) is 12.5. The van der Waals surface area contributed by atoms with E-state index < -0.39 is 23.5 Å². The number of benzene rings is 2. The maximum Gasteiger partial charge on any atom is 0.416 e. The third-order valence-corrected chi connectivity index (χ3v) is 7.68. The highest BCUT2D eigenvalue weighted by Crippen LogP contribution is 2.37. The van der Waals surface area contributed by atoms with Crippen LogP contribution >= 0.6 is 0 Å². The normalized spacial score (nSPS) is 19.9. The second kappa shape index (κ2) is 11.5. The van der Waals surface area contributed by atoms with Gasteiger partial charge in [0.05, 0.1) is 11.1 Å². The summed E-state index contributed by atoms with van der Waals surface area (Å²) in [4.78, 5) is 4.95. The molecule has 0 radical (unpaired) electrons. The molecule has 0 amide bonds. The molecule has 0 spiro atoms. The van der Waals surface area contributed by atoms with Crippen molar-refractivity contribution in [3.63, 3.8) is 0 Å². The van der Waals surface area contributed by atoms with Crippen LogP contribution in [-0.4, -0.2) is 48.1 Å². The van der Waals surface area contributed by atoms with E-state index in [4.69, 9.17) is 0 Å². The van der Waals surface area contributed by atoms with E-state index in [9.17, 15) is 26.3 Å². The maximum absolute atomic E-state index is 13.3. The first-order chi connectivity index (χ1) is 17.1. The molecule has 1 saturated carbocycles. The van der Waals surface area contributed by atoms with Crippen molar-refractivity contribution >= 4 is 0 Å². The van der Waals surface area contributed by atoms with Gasteiger partial charge in [0.25, 0.3) is 0 Å². The van der Waals surface area contributed by atoms with Crippen molar-refractivity contribution in [3.8, 4) is 0 Å². The number of nitrogens with zero attached hydrogens (tertiary/aromatic N) is 2. The third-order valence-electron chi connectivity index (χ3n) is 7.68. The lowest BCUT2D eigenvalue weighted by atomic mass is 9.93. The number of rotatable bonds is 7. The van der Waals surface area contributed by atoms with Crippen LogP contribution in [0.5, 0.6) is 0 Å². The first kappa shape index (κ1) is 27.0. The summed E-state index contributed by atoms with van der Waals surface area (Å²) in [6.07, 6.45) is -1.93. The van der Waals surface area contributed by atoms with Gasteiger partial charge in [0.15, 0.2) is 0 Å². The van der Waals surface area contributed by atoms with Crippen molar-refractivity contribution in [2.75, 3.05) is 26.2 Å². The van der Waals surface area contributed by atoms with Gasteiger partial charge < -0.3 is 0 Å². The summed E-state index contributed by atoms with van der Waals surface area (Å²) in [5.74, 6) is 0. The van der Waals surface area contributed by atoms with E-state index in [0.29, 0.717) is 12.5 Å². The fourth-order valence-corrected chi connectivity index (χ4v) is 5.71. The number of piperazine rings is 1.